The van der Waals surface area contributed by atoms with E-state index in [0.717, 1.165) is 29.3 Å². The Balaban J connectivity index is 1.86. The first-order chi connectivity index (χ1) is 9.13. The number of aromatic nitrogens is 2. The van der Waals surface area contributed by atoms with Crippen molar-refractivity contribution in [3.05, 3.63) is 33.6 Å². The Morgan fingerprint density at radius 2 is 2.21 bits per heavy atom. The van der Waals surface area contributed by atoms with Crippen LogP contribution >= 0.6 is 27.5 Å². The minimum absolute atomic E-state index is 0.255. The summed E-state index contributed by atoms with van der Waals surface area (Å²) in [6, 6.07) is 5.83. The number of nitrogens with zero attached hydrogens (tertiary/aromatic N) is 2. The van der Waals surface area contributed by atoms with Crippen molar-refractivity contribution in [3.8, 4) is 11.4 Å². The van der Waals surface area contributed by atoms with Crippen LogP contribution in [0.15, 0.2) is 27.2 Å². The van der Waals surface area contributed by atoms with Crippen LogP contribution in [0.5, 0.6) is 0 Å². The summed E-state index contributed by atoms with van der Waals surface area (Å²) in [5, 5.41) is 4.70. The highest BCUT2D eigenvalue weighted by Crippen LogP contribution is 2.34. The molecule has 0 spiro atoms. The maximum absolute atomic E-state index is 5.97. The molecular formula is C13H13BrClN3O. The lowest BCUT2D eigenvalue weighted by Crippen LogP contribution is -2.14. The summed E-state index contributed by atoms with van der Waals surface area (Å²) in [4.78, 5) is 4.47. The van der Waals surface area contributed by atoms with Gasteiger partial charge in [0.15, 0.2) is 0 Å². The molecule has 0 amide bonds. The van der Waals surface area contributed by atoms with Gasteiger partial charge in [0.1, 0.15) is 0 Å². The van der Waals surface area contributed by atoms with Gasteiger partial charge in [-0.2, -0.15) is 4.98 Å². The van der Waals surface area contributed by atoms with E-state index in [1.807, 2.05) is 18.2 Å². The highest BCUT2D eigenvalue weighted by molar-refractivity contribution is 9.10. The fraction of sp³-hybridized carbons (Fsp3) is 0.385. The summed E-state index contributed by atoms with van der Waals surface area (Å²) >= 11 is 9.36. The van der Waals surface area contributed by atoms with Crippen molar-refractivity contribution < 1.29 is 4.52 Å². The third-order valence-corrected chi connectivity index (χ3v) is 4.66. The Morgan fingerprint density at radius 3 is 2.89 bits per heavy atom. The molecule has 0 saturated heterocycles. The maximum atomic E-state index is 5.97. The van der Waals surface area contributed by atoms with Crippen LogP contribution in [0.4, 0.5) is 0 Å². The molecule has 1 aromatic heterocycles. The summed E-state index contributed by atoms with van der Waals surface area (Å²) < 4.78 is 6.18. The SMILES string of the molecule is N[C@H]1CC[C@@H](c2nc(-c3ccc(Cl)c(Br)c3)no2)C1. The lowest BCUT2D eigenvalue weighted by molar-refractivity contribution is 0.353. The first-order valence-electron chi connectivity index (χ1n) is 6.18. The number of nitrogens with two attached hydrogens (primary N) is 1. The third-order valence-electron chi connectivity index (χ3n) is 3.44. The second-order valence-electron chi connectivity index (χ2n) is 4.86. The largest absolute Gasteiger partial charge is 0.339 e. The van der Waals surface area contributed by atoms with Crippen LogP contribution in [-0.4, -0.2) is 16.2 Å². The zero-order valence-corrected chi connectivity index (χ0v) is 12.5. The van der Waals surface area contributed by atoms with Crippen LogP contribution in [0.1, 0.15) is 31.1 Å². The highest BCUT2D eigenvalue weighted by atomic mass is 79.9. The molecule has 1 aliphatic rings. The van der Waals surface area contributed by atoms with E-state index in [9.17, 15) is 0 Å². The highest BCUT2D eigenvalue weighted by Gasteiger charge is 2.28. The molecule has 3 rings (SSSR count). The van der Waals surface area contributed by atoms with Gasteiger partial charge in [-0.05, 0) is 53.4 Å². The molecule has 0 radical (unpaired) electrons. The van der Waals surface area contributed by atoms with Gasteiger partial charge in [-0.3, -0.25) is 0 Å². The van der Waals surface area contributed by atoms with Crippen LogP contribution in [0.3, 0.4) is 0 Å². The topological polar surface area (TPSA) is 64.9 Å². The van der Waals surface area contributed by atoms with E-state index in [2.05, 4.69) is 26.1 Å². The average molecular weight is 343 g/mol. The van der Waals surface area contributed by atoms with E-state index in [1.165, 1.54) is 0 Å². The predicted molar refractivity (Wildman–Crippen MR) is 77.0 cm³/mol. The molecule has 6 heteroatoms. The Kier molecular flexibility index (Phi) is 3.60. The van der Waals surface area contributed by atoms with E-state index >= 15 is 0 Å². The normalized spacial score (nSPS) is 22.9. The Labute approximate surface area is 124 Å². The number of hydrogen-bond donors (Lipinski definition) is 1. The molecule has 0 unspecified atom stereocenters. The molecule has 1 aliphatic carbocycles. The summed E-state index contributed by atoms with van der Waals surface area (Å²) in [5.41, 5.74) is 6.79. The summed E-state index contributed by atoms with van der Waals surface area (Å²) in [7, 11) is 0. The lowest BCUT2D eigenvalue weighted by Gasteiger charge is -2.01. The molecule has 0 aliphatic heterocycles. The van der Waals surface area contributed by atoms with Gasteiger partial charge in [0, 0.05) is 22.0 Å². The van der Waals surface area contributed by atoms with E-state index in [0.29, 0.717) is 22.7 Å². The molecule has 19 heavy (non-hydrogen) atoms. The molecule has 2 atom stereocenters. The van der Waals surface area contributed by atoms with Crippen molar-refractivity contribution in [2.45, 2.75) is 31.2 Å². The average Bonchev–Trinajstić information content (AvgIpc) is 3.01. The summed E-state index contributed by atoms with van der Waals surface area (Å²) in [5.74, 6) is 1.58. The predicted octanol–water partition coefficient (Wildman–Crippen LogP) is 3.75. The summed E-state index contributed by atoms with van der Waals surface area (Å²) in [6.45, 7) is 0. The van der Waals surface area contributed by atoms with Gasteiger partial charge in [0.05, 0.1) is 5.02 Å². The molecule has 4 nitrogen and oxygen atoms in total. The number of halogens is 2. The third kappa shape index (κ3) is 2.68. The van der Waals surface area contributed by atoms with Crippen molar-refractivity contribution in [2.75, 3.05) is 0 Å². The van der Waals surface area contributed by atoms with Crippen LogP contribution in [0.25, 0.3) is 11.4 Å². The van der Waals surface area contributed by atoms with Gasteiger partial charge >= 0.3 is 0 Å². The zero-order valence-electron chi connectivity index (χ0n) is 10.1. The molecule has 1 heterocycles. The molecular weight excluding hydrogens is 330 g/mol. The van der Waals surface area contributed by atoms with Crippen molar-refractivity contribution >= 4 is 27.5 Å². The fourth-order valence-corrected chi connectivity index (χ4v) is 2.89. The van der Waals surface area contributed by atoms with Gasteiger partial charge in [-0.1, -0.05) is 16.8 Å². The van der Waals surface area contributed by atoms with E-state index in [4.69, 9.17) is 21.9 Å². The molecule has 0 bridgehead atoms. The van der Waals surface area contributed by atoms with E-state index in [1.54, 1.807) is 0 Å². The van der Waals surface area contributed by atoms with Gasteiger partial charge < -0.3 is 10.3 Å². The number of hydrogen-bond acceptors (Lipinski definition) is 4. The van der Waals surface area contributed by atoms with Gasteiger partial charge in [0.25, 0.3) is 0 Å². The Hall–Kier alpha value is -0.910. The minimum Gasteiger partial charge on any atom is -0.339 e. The standard InChI is InChI=1S/C13H13BrClN3O/c14-10-6-7(2-4-11(10)15)12-17-13(19-18-12)8-1-3-9(16)5-8/h2,4,6,8-9H,1,3,5,16H2/t8-,9+/m1/s1. The molecule has 1 saturated carbocycles. The molecule has 100 valence electrons. The van der Waals surface area contributed by atoms with E-state index in [-0.39, 0.29) is 6.04 Å². The van der Waals surface area contributed by atoms with Crippen LogP contribution in [0.2, 0.25) is 5.02 Å². The maximum Gasteiger partial charge on any atom is 0.230 e. The van der Waals surface area contributed by atoms with Crippen molar-refractivity contribution in [1.29, 1.82) is 0 Å². The van der Waals surface area contributed by atoms with Crippen LogP contribution in [-0.2, 0) is 0 Å². The first kappa shape index (κ1) is 13.1. The van der Waals surface area contributed by atoms with Crippen molar-refractivity contribution in [1.82, 2.24) is 10.1 Å². The van der Waals surface area contributed by atoms with Gasteiger partial charge in [0.2, 0.25) is 11.7 Å². The summed E-state index contributed by atoms with van der Waals surface area (Å²) in [6.07, 6.45) is 2.97. The molecule has 2 N–H and O–H groups in total. The number of benzene rings is 1. The fourth-order valence-electron chi connectivity index (χ4n) is 2.39. The molecule has 2 aromatic rings. The number of rotatable bonds is 2. The lowest BCUT2D eigenvalue weighted by atomic mass is 10.1. The van der Waals surface area contributed by atoms with Crippen molar-refractivity contribution in [2.24, 2.45) is 5.73 Å². The second-order valence-corrected chi connectivity index (χ2v) is 6.12. The first-order valence-corrected chi connectivity index (χ1v) is 7.35. The van der Waals surface area contributed by atoms with E-state index < -0.39 is 0 Å². The quantitative estimate of drug-likeness (QED) is 0.902. The Bertz CT molecular complexity index is 601. The monoisotopic (exact) mass is 341 g/mol. The molecule has 1 fully saturated rings. The zero-order chi connectivity index (χ0) is 13.4. The Morgan fingerprint density at radius 1 is 1.37 bits per heavy atom. The van der Waals surface area contributed by atoms with Gasteiger partial charge in [-0.25, -0.2) is 0 Å². The van der Waals surface area contributed by atoms with Crippen LogP contribution in [0, 0.1) is 0 Å². The molecule has 1 aromatic carbocycles. The van der Waals surface area contributed by atoms with Gasteiger partial charge in [-0.15, -0.1) is 0 Å². The smallest absolute Gasteiger partial charge is 0.230 e. The van der Waals surface area contributed by atoms with Crippen LogP contribution < -0.4 is 5.73 Å². The minimum atomic E-state index is 0.255. The second kappa shape index (κ2) is 5.23. The van der Waals surface area contributed by atoms with Crippen molar-refractivity contribution in [3.63, 3.8) is 0 Å².